The fourth-order valence-corrected chi connectivity index (χ4v) is 2.72. The summed E-state index contributed by atoms with van der Waals surface area (Å²) in [5, 5.41) is 2.75. The Morgan fingerprint density at radius 1 is 0.750 bits per heavy atom. The first kappa shape index (κ1) is 22.9. The van der Waals surface area contributed by atoms with Crippen LogP contribution in [-0.4, -0.2) is 18.7 Å². The first-order chi connectivity index (χ1) is 11.8. The Balaban J connectivity index is 3.17. The van der Waals surface area contributed by atoms with Crippen LogP contribution >= 0.6 is 0 Å². The lowest BCUT2D eigenvalue weighted by atomic mass is 10.1. The summed E-state index contributed by atoms with van der Waals surface area (Å²) in [6.45, 7) is 2.74. The molecule has 0 aliphatic rings. The van der Waals surface area contributed by atoms with Gasteiger partial charge in [0.1, 0.15) is 6.29 Å². The molecule has 0 unspecified atom stereocenters. The van der Waals surface area contributed by atoms with Crippen LogP contribution in [0.15, 0.2) is 12.2 Å². The molecule has 0 bridgehead atoms. The predicted octanol–water partition coefficient (Wildman–Crippen LogP) is 5.73. The van der Waals surface area contributed by atoms with E-state index in [-0.39, 0.29) is 5.91 Å². The summed E-state index contributed by atoms with van der Waals surface area (Å²) in [6.07, 6.45) is 23.0. The minimum atomic E-state index is 0.0782. The van der Waals surface area contributed by atoms with Crippen molar-refractivity contribution in [1.82, 2.24) is 5.32 Å². The van der Waals surface area contributed by atoms with Gasteiger partial charge in [0.15, 0.2) is 0 Å². The highest BCUT2D eigenvalue weighted by molar-refractivity contribution is 5.76. The molecule has 0 heterocycles. The van der Waals surface area contributed by atoms with Crippen molar-refractivity contribution in [1.29, 1.82) is 0 Å². The molecule has 3 heteroatoms. The number of hydrogen-bond donors (Lipinski definition) is 1. The fourth-order valence-electron chi connectivity index (χ4n) is 2.72. The zero-order valence-electron chi connectivity index (χ0n) is 15.9. The number of aldehydes is 1. The summed E-state index contributed by atoms with van der Waals surface area (Å²) in [7, 11) is 0. The summed E-state index contributed by atoms with van der Waals surface area (Å²) in [4.78, 5) is 21.6. The number of carbonyl (C=O) groups excluding carboxylic acids is 2. The average molecular weight is 338 g/mol. The maximum absolute atomic E-state index is 11.4. The van der Waals surface area contributed by atoms with E-state index >= 15 is 0 Å². The number of nitrogens with one attached hydrogen (secondary N) is 1. The summed E-state index contributed by atoms with van der Waals surface area (Å²) in [6, 6.07) is 0. The van der Waals surface area contributed by atoms with Crippen molar-refractivity contribution >= 4 is 12.2 Å². The Kier molecular flexibility index (Phi) is 19.0. The SMILES string of the molecule is CCCCCCCC/C=C\CCCCCCCC(=O)NCCC=O. The number of unbranched alkanes of at least 4 members (excludes halogenated alkanes) is 11. The first-order valence-electron chi connectivity index (χ1n) is 10.2. The van der Waals surface area contributed by atoms with E-state index in [0.29, 0.717) is 19.4 Å². The molecule has 140 valence electrons. The molecular weight excluding hydrogens is 298 g/mol. The fraction of sp³-hybridized carbons (Fsp3) is 0.810. The Morgan fingerprint density at radius 3 is 1.88 bits per heavy atom. The lowest BCUT2D eigenvalue weighted by Crippen LogP contribution is -2.24. The van der Waals surface area contributed by atoms with Gasteiger partial charge in [-0.3, -0.25) is 4.79 Å². The summed E-state index contributed by atoms with van der Waals surface area (Å²) >= 11 is 0. The highest BCUT2D eigenvalue weighted by Gasteiger charge is 1.99. The van der Waals surface area contributed by atoms with Crippen LogP contribution in [0.5, 0.6) is 0 Å². The van der Waals surface area contributed by atoms with Crippen LogP contribution in [0.4, 0.5) is 0 Å². The van der Waals surface area contributed by atoms with E-state index in [2.05, 4.69) is 24.4 Å². The second-order valence-electron chi connectivity index (χ2n) is 6.64. The number of amides is 1. The van der Waals surface area contributed by atoms with Crippen LogP contribution in [0.3, 0.4) is 0 Å². The van der Waals surface area contributed by atoms with E-state index in [1.807, 2.05) is 0 Å². The third kappa shape index (κ3) is 18.9. The van der Waals surface area contributed by atoms with Crippen LogP contribution < -0.4 is 5.32 Å². The summed E-state index contributed by atoms with van der Waals surface area (Å²) < 4.78 is 0. The molecule has 0 aromatic heterocycles. The van der Waals surface area contributed by atoms with Crippen molar-refractivity contribution in [3.63, 3.8) is 0 Å². The quantitative estimate of drug-likeness (QED) is 0.197. The van der Waals surface area contributed by atoms with Gasteiger partial charge in [-0.15, -0.1) is 0 Å². The molecule has 0 aromatic rings. The van der Waals surface area contributed by atoms with Gasteiger partial charge in [-0.25, -0.2) is 0 Å². The van der Waals surface area contributed by atoms with E-state index in [1.54, 1.807) is 0 Å². The van der Waals surface area contributed by atoms with E-state index in [1.165, 1.54) is 70.6 Å². The Labute approximate surface area is 149 Å². The third-order valence-corrected chi connectivity index (χ3v) is 4.25. The van der Waals surface area contributed by atoms with Crippen molar-refractivity contribution in [2.45, 2.75) is 103 Å². The Morgan fingerprint density at radius 2 is 1.29 bits per heavy atom. The number of hydrogen-bond acceptors (Lipinski definition) is 2. The molecule has 0 rings (SSSR count). The van der Waals surface area contributed by atoms with E-state index in [4.69, 9.17) is 0 Å². The standard InChI is InChI=1S/C21H39NO2/c1-2-3-4-5-6-7-8-9-10-11-12-13-14-15-16-18-21(24)22-19-17-20-23/h9-10,20H,2-8,11-19H2,1H3,(H,22,24)/b10-9-. The topological polar surface area (TPSA) is 46.2 Å². The van der Waals surface area contributed by atoms with E-state index in [0.717, 1.165) is 19.1 Å². The lowest BCUT2D eigenvalue weighted by molar-refractivity contribution is -0.121. The largest absolute Gasteiger partial charge is 0.356 e. The monoisotopic (exact) mass is 337 g/mol. The molecule has 0 aliphatic heterocycles. The Hall–Kier alpha value is -1.12. The molecule has 24 heavy (non-hydrogen) atoms. The second-order valence-corrected chi connectivity index (χ2v) is 6.64. The third-order valence-electron chi connectivity index (χ3n) is 4.25. The van der Waals surface area contributed by atoms with Gasteiger partial charge in [-0.2, -0.15) is 0 Å². The van der Waals surface area contributed by atoms with Crippen molar-refractivity contribution in [2.24, 2.45) is 0 Å². The smallest absolute Gasteiger partial charge is 0.220 e. The molecular formula is C21H39NO2. The average Bonchev–Trinajstić information content (AvgIpc) is 2.58. The highest BCUT2D eigenvalue weighted by atomic mass is 16.1. The van der Waals surface area contributed by atoms with Crippen LogP contribution in [0.25, 0.3) is 0 Å². The number of allylic oxidation sites excluding steroid dienone is 2. The maximum Gasteiger partial charge on any atom is 0.220 e. The summed E-state index contributed by atoms with van der Waals surface area (Å²) in [5.74, 6) is 0.0782. The van der Waals surface area contributed by atoms with Crippen LogP contribution in [0.1, 0.15) is 103 Å². The van der Waals surface area contributed by atoms with Gasteiger partial charge >= 0.3 is 0 Å². The van der Waals surface area contributed by atoms with Gasteiger partial charge in [0.05, 0.1) is 0 Å². The molecule has 0 spiro atoms. The van der Waals surface area contributed by atoms with Crippen molar-refractivity contribution in [3.05, 3.63) is 12.2 Å². The van der Waals surface area contributed by atoms with Gasteiger partial charge in [0.2, 0.25) is 5.91 Å². The molecule has 0 fully saturated rings. The van der Waals surface area contributed by atoms with Crippen molar-refractivity contribution in [2.75, 3.05) is 6.54 Å². The molecule has 0 aliphatic carbocycles. The minimum absolute atomic E-state index is 0.0782. The molecule has 0 saturated heterocycles. The van der Waals surface area contributed by atoms with Crippen LogP contribution in [-0.2, 0) is 9.59 Å². The molecule has 0 radical (unpaired) electrons. The molecule has 3 nitrogen and oxygen atoms in total. The van der Waals surface area contributed by atoms with Gasteiger partial charge in [0.25, 0.3) is 0 Å². The second kappa shape index (κ2) is 19.9. The number of rotatable bonds is 18. The zero-order chi connectivity index (χ0) is 17.7. The summed E-state index contributed by atoms with van der Waals surface area (Å²) in [5.41, 5.74) is 0. The molecule has 0 atom stereocenters. The normalized spacial score (nSPS) is 11.0. The van der Waals surface area contributed by atoms with Crippen molar-refractivity contribution in [3.8, 4) is 0 Å². The lowest BCUT2D eigenvalue weighted by Gasteiger charge is -2.03. The van der Waals surface area contributed by atoms with Gasteiger partial charge < -0.3 is 10.1 Å². The van der Waals surface area contributed by atoms with Crippen LogP contribution in [0.2, 0.25) is 0 Å². The minimum Gasteiger partial charge on any atom is -0.356 e. The molecule has 0 saturated carbocycles. The van der Waals surface area contributed by atoms with Crippen molar-refractivity contribution < 1.29 is 9.59 Å². The maximum atomic E-state index is 11.4. The Bertz CT molecular complexity index is 313. The molecule has 1 amide bonds. The highest BCUT2D eigenvalue weighted by Crippen LogP contribution is 2.09. The van der Waals surface area contributed by atoms with Gasteiger partial charge in [-0.05, 0) is 32.1 Å². The van der Waals surface area contributed by atoms with E-state index < -0.39 is 0 Å². The number of carbonyl (C=O) groups is 2. The molecule has 1 N–H and O–H groups in total. The van der Waals surface area contributed by atoms with Gasteiger partial charge in [0, 0.05) is 19.4 Å². The predicted molar refractivity (Wildman–Crippen MR) is 103 cm³/mol. The molecule has 0 aromatic carbocycles. The van der Waals surface area contributed by atoms with Gasteiger partial charge in [-0.1, -0.05) is 70.4 Å². The zero-order valence-corrected chi connectivity index (χ0v) is 15.9. The van der Waals surface area contributed by atoms with E-state index in [9.17, 15) is 9.59 Å². The first-order valence-corrected chi connectivity index (χ1v) is 10.2. The van der Waals surface area contributed by atoms with Crippen LogP contribution in [0, 0.1) is 0 Å².